The van der Waals surface area contributed by atoms with Gasteiger partial charge in [-0.2, -0.15) is 0 Å². The van der Waals surface area contributed by atoms with Crippen molar-refractivity contribution in [2.24, 2.45) is 4.99 Å². The molecule has 1 heterocycles. The van der Waals surface area contributed by atoms with E-state index in [1.54, 1.807) is 0 Å². The van der Waals surface area contributed by atoms with Crippen molar-refractivity contribution in [2.45, 2.75) is 51.6 Å². The van der Waals surface area contributed by atoms with Gasteiger partial charge in [-0.05, 0) is 53.3 Å². The van der Waals surface area contributed by atoms with Gasteiger partial charge in [0.1, 0.15) is 0 Å². The van der Waals surface area contributed by atoms with Crippen molar-refractivity contribution >= 4 is 6.72 Å². The van der Waals surface area contributed by atoms with Gasteiger partial charge in [-0.3, -0.25) is 9.89 Å². The van der Waals surface area contributed by atoms with Gasteiger partial charge in [-0.15, -0.1) is 0 Å². The van der Waals surface area contributed by atoms with Crippen molar-refractivity contribution in [3.63, 3.8) is 0 Å². The Balaban J connectivity index is 2.49. The van der Waals surface area contributed by atoms with Crippen molar-refractivity contribution in [3.05, 3.63) is 0 Å². The molecular formula is C11H22N2. The second-order valence-electron chi connectivity index (χ2n) is 4.93. The maximum Gasteiger partial charge on any atom is 0.0505 e. The van der Waals surface area contributed by atoms with E-state index in [2.05, 4.69) is 37.4 Å². The molecule has 2 heteroatoms. The summed E-state index contributed by atoms with van der Waals surface area (Å²) in [6, 6.07) is 0.507. The minimum Gasteiger partial charge on any atom is -0.298 e. The van der Waals surface area contributed by atoms with Gasteiger partial charge >= 0.3 is 0 Å². The van der Waals surface area contributed by atoms with Crippen LogP contribution in [0.25, 0.3) is 0 Å². The minimum atomic E-state index is 0.316. The molecule has 1 aliphatic heterocycles. The zero-order valence-electron chi connectivity index (χ0n) is 9.21. The minimum absolute atomic E-state index is 0.316. The Hall–Kier alpha value is -0.370. The number of nitrogens with zero attached hydrogens (tertiary/aromatic N) is 2. The van der Waals surface area contributed by atoms with Crippen LogP contribution in [0.15, 0.2) is 4.99 Å². The Labute approximate surface area is 82.0 Å². The monoisotopic (exact) mass is 182 g/mol. The summed E-state index contributed by atoms with van der Waals surface area (Å²) < 4.78 is 0. The summed E-state index contributed by atoms with van der Waals surface area (Å²) in [6.07, 6.45) is 3.66. The van der Waals surface area contributed by atoms with E-state index in [0.717, 1.165) is 0 Å². The van der Waals surface area contributed by atoms with E-state index in [1.165, 1.54) is 32.4 Å². The molecule has 0 radical (unpaired) electrons. The third-order valence-electron chi connectivity index (χ3n) is 2.90. The molecule has 0 N–H and O–H groups in total. The highest BCUT2D eigenvalue weighted by atomic mass is 15.2. The lowest BCUT2D eigenvalue weighted by atomic mass is 10.1. The van der Waals surface area contributed by atoms with E-state index in [-0.39, 0.29) is 0 Å². The predicted molar refractivity (Wildman–Crippen MR) is 58.5 cm³/mol. The van der Waals surface area contributed by atoms with Gasteiger partial charge in [0.2, 0.25) is 0 Å². The summed E-state index contributed by atoms with van der Waals surface area (Å²) in [6.45, 7) is 12.9. The normalized spacial score (nSPS) is 26.8. The topological polar surface area (TPSA) is 15.6 Å². The van der Waals surface area contributed by atoms with Crippen LogP contribution in [-0.4, -0.2) is 36.3 Å². The lowest BCUT2D eigenvalue weighted by Crippen LogP contribution is -2.41. The van der Waals surface area contributed by atoms with Crippen LogP contribution >= 0.6 is 0 Å². The lowest BCUT2D eigenvalue weighted by Gasteiger charge is -2.34. The average molecular weight is 182 g/mol. The molecule has 0 saturated carbocycles. The molecule has 1 fully saturated rings. The van der Waals surface area contributed by atoms with Crippen molar-refractivity contribution in [1.82, 2.24) is 4.90 Å². The first-order valence-electron chi connectivity index (χ1n) is 5.25. The first-order valence-corrected chi connectivity index (χ1v) is 5.25. The van der Waals surface area contributed by atoms with E-state index in [0.29, 0.717) is 11.6 Å². The van der Waals surface area contributed by atoms with Crippen LogP contribution in [0.1, 0.15) is 40.0 Å². The molecule has 0 aliphatic carbocycles. The average Bonchev–Trinajstić information content (AvgIpc) is 2.26. The van der Waals surface area contributed by atoms with Crippen LogP contribution in [0.4, 0.5) is 0 Å². The smallest absolute Gasteiger partial charge is 0.0505 e. The molecule has 13 heavy (non-hydrogen) atoms. The summed E-state index contributed by atoms with van der Waals surface area (Å²) in [4.78, 5) is 6.70. The largest absolute Gasteiger partial charge is 0.298 e. The quantitative estimate of drug-likeness (QED) is 0.568. The number of rotatable bonds is 1. The number of likely N-dealkylation sites (tertiary alicyclic amines) is 1. The molecule has 0 aromatic carbocycles. The fraction of sp³-hybridized carbons (Fsp3) is 0.909. The highest BCUT2D eigenvalue weighted by Crippen LogP contribution is 2.20. The number of aliphatic imine (C=N–C) groups is 1. The highest BCUT2D eigenvalue weighted by molar-refractivity contribution is 5.24. The molecule has 0 spiro atoms. The maximum absolute atomic E-state index is 4.15. The van der Waals surface area contributed by atoms with Gasteiger partial charge in [0.25, 0.3) is 0 Å². The second-order valence-corrected chi connectivity index (χ2v) is 4.93. The summed E-state index contributed by atoms with van der Waals surface area (Å²) in [5.41, 5.74) is 0.316. The van der Waals surface area contributed by atoms with Crippen molar-refractivity contribution < 1.29 is 0 Å². The fourth-order valence-electron chi connectivity index (χ4n) is 1.93. The first-order chi connectivity index (χ1) is 6.04. The van der Waals surface area contributed by atoms with Gasteiger partial charge in [0, 0.05) is 12.1 Å². The van der Waals surface area contributed by atoms with Gasteiger partial charge < -0.3 is 0 Å². The van der Waals surface area contributed by atoms with Crippen LogP contribution in [0, 0.1) is 0 Å². The van der Waals surface area contributed by atoms with Gasteiger partial charge in [-0.1, -0.05) is 0 Å². The SMILES string of the molecule is C=N[C@@H]1CCCN(C(C)(C)C)CC1. The third-order valence-corrected chi connectivity index (χ3v) is 2.90. The third kappa shape index (κ3) is 3.11. The van der Waals surface area contributed by atoms with Gasteiger partial charge in [0.05, 0.1) is 6.04 Å². The van der Waals surface area contributed by atoms with E-state index in [1.807, 2.05) is 0 Å². The molecule has 0 unspecified atom stereocenters. The molecule has 0 bridgehead atoms. The summed E-state index contributed by atoms with van der Waals surface area (Å²) in [7, 11) is 0. The molecule has 1 saturated heterocycles. The number of hydrogen-bond acceptors (Lipinski definition) is 2. The molecule has 76 valence electrons. The first kappa shape index (κ1) is 10.7. The fourth-order valence-corrected chi connectivity index (χ4v) is 1.93. The van der Waals surface area contributed by atoms with E-state index >= 15 is 0 Å². The summed E-state index contributed by atoms with van der Waals surface area (Å²) in [5, 5.41) is 0. The van der Waals surface area contributed by atoms with Crippen molar-refractivity contribution in [1.29, 1.82) is 0 Å². The predicted octanol–water partition coefficient (Wildman–Crippen LogP) is 2.34. The Bertz CT molecular complexity index is 169. The van der Waals surface area contributed by atoms with Gasteiger partial charge in [-0.25, -0.2) is 0 Å². The summed E-state index contributed by atoms with van der Waals surface area (Å²) in [5.74, 6) is 0. The Morgan fingerprint density at radius 1 is 1.23 bits per heavy atom. The molecule has 0 aromatic heterocycles. The van der Waals surface area contributed by atoms with E-state index < -0.39 is 0 Å². The van der Waals surface area contributed by atoms with E-state index in [9.17, 15) is 0 Å². The molecule has 0 aromatic rings. The van der Waals surface area contributed by atoms with Gasteiger partial charge in [0.15, 0.2) is 0 Å². The number of hydrogen-bond donors (Lipinski definition) is 0. The molecule has 0 amide bonds. The van der Waals surface area contributed by atoms with Crippen LogP contribution in [0.3, 0.4) is 0 Å². The molecule has 1 aliphatic rings. The standard InChI is InChI=1S/C11H22N2/c1-11(2,3)13-8-5-6-10(12-4)7-9-13/h10H,4-9H2,1-3H3/t10-/m1/s1. The zero-order valence-corrected chi connectivity index (χ0v) is 9.21. The zero-order chi connectivity index (χ0) is 9.90. The molecular weight excluding hydrogens is 160 g/mol. The van der Waals surface area contributed by atoms with Crippen LogP contribution in [-0.2, 0) is 0 Å². The lowest BCUT2D eigenvalue weighted by molar-refractivity contribution is 0.142. The van der Waals surface area contributed by atoms with Crippen LogP contribution in [0.5, 0.6) is 0 Å². The van der Waals surface area contributed by atoms with Crippen LogP contribution in [0.2, 0.25) is 0 Å². The van der Waals surface area contributed by atoms with E-state index in [4.69, 9.17) is 0 Å². The maximum atomic E-state index is 4.15. The Morgan fingerprint density at radius 2 is 1.92 bits per heavy atom. The second kappa shape index (κ2) is 4.23. The highest BCUT2D eigenvalue weighted by Gasteiger charge is 2.24. The Morgan fingerprint density at radius 3 is 2.46 bits per heavy atom. The van der Waals surface area contributed by atoms with Crippen molar-refractivity contribution in [2.75, 3.05) is 13.1 Å². The molecule has 1 atom stereocenters. The molecule has 2 nitrogen and oxygen atoms in total. The van der Waals surface area contributed by atoms with Crippen molar-refractivity contribution in [3.8, 4) is 0 Å². The van der Waals surface area contributed by atoms with Crippen LogP contribution < -0.4 is 0 Å². The Kier molecular flexibility index (Phi) is 3.48. The summed E-state index contributed by atoms with van der Waals surface area (Å²) >= 11 is 0. The molecule has 1 rings (SSSR count).